The van der Waals surface area contributed by atoms with E-state index in [0.717, 1.165) is 0 Å². The van der Waals surface area contributed by atoms with Gasteiger partial charge in [0.2, 0.25) is 5.91 Å². The lowest BCUT2D eigenvalue weighted by atomic mass is 10.3. The van der Waals surface area contributed by atoms with Crippen molar-refractivity contribution in [3.63, 3.8) is 0 Å². The Morgan fingerprint density at radius 1 is 1.37 bits per heavy atom. The van der Waals surface area contributed by atoms with E-state index in [2.05, 4.69) is 26.8 Å². The van der Waals surface area contributed by atoms with Crippen LogP contribution in [0.1, 0.15) is 6.42 Å². The lowest BCUT2D eigenvalue weighted by Crippen LogP contribution is -2.29. The fraction of sp³-hybridized carbons (Fsp3) is 0.200. The summed E-state index contributed by atoms with van der Waals surface area (Å²) >= 11 is 5.82. The van der Waals surface area contributed by atoms with E-state index in [0.29, 0.717) is 19.5 Å². The van der Waals surface area contributed by atoms with Gasteiger partial charge in [0.25, 0.3) is 5.88 Å². The van der Waals surface area contributed by atoms with E-state index in [1.165, 1.54) is 30.6 Å². The number of pyridine rings is 1. The SMILES string of the molecule is C=CC(=O)N1CC[C@H](Oc2nc3c(Nc4cccc(Cl)c4F)ncnc3cc2F)C1. The maximum Gasteiger partial charge on any atom is 0.251 e. The highest BCUT2D eigenvalue weighted by atomic mass is 35.5. The van der Waals surface area contributed by atoms with Crippen molar-refractivity contribution in [1.82, 2.24) is 19.9 Å². The van der Waals surface area contributed by atoms with E-state index < -0.39 is 17.7 Å². The number of fused-ring (bicyclic) bond motifs is 1. The van der Waals surface area contributed by atoms with E-state index in [9.17, 15) is 13.6 Å². The van der Waals surface area contributed by atoms with Gasteiger partial charge in [0.1, 0.15) is 17.9 Å². The zero-order valence-corrected chi connectivity index (χ0v) is 16.4. The van der Waals surface area contributed by atoms with E-state index in [1.54, 1.807) is 11.0 Å². The minimum Gasteiger partial charge on any atom is -0.470 e. The zero-order valence-electron chi connectivity index (χ0n) is 15.6. The number of nitrogens with zero attached hydrogens (tertiary/aromatic N) is 4. The summed E-state index contributed by atoms with van der Waals surface area (Å²) in [5, 5.41) is 2.76. The molecule has 1 aliphatic rings. The molecule has 0 bridgehead atoms. The Morgan fingerprint density at radius 2 is 2.20 bits per heavy atom. The molecule has 0 unspecified atom stereocenters. The largest absolute Gasteiger partial charge is 0.470 e. The fourth-order valence-corrected chi connectivity index (χ4v) is 3.33. The van der Waals surface area contributed by atoms with Crippen LogP contribution < -0.4 is 10.1 Å². The molecule has 1 N–H and O–H groups in total. The Hall–Kier alpha value is -3.33. The summed E-state index contributed by atoms with van der Waals surface area (Å²) in [5.74, 6) is -1.64. The summed E-state index contributed by atoms with van der Waals surface area (Å²) in [6, 6.07) is 5.65. The predicted octanol–water partition coefficient (Wildman–Crippen LogP) is 3.87. The summed E-state index contributed by atoms with van der Waals surface area (Å²) in [6.07, 6.45) is 2.55. The van der Waals surface area contributed by atoms with Crippen LogP contribution in [-0.2, 0) is 4.79 Å². The fourth-order valence-electron chi connectivity index (χ4n) is 3.16. The van der Waals surface area contributed by atoms with E-state index >= 15 is 0 Å². The average Bonchev–Trinajstić information content (AvgIpc) is 3.20. The number of aromatic nitrogens is 3. The van der Waals surface area contributed by atoms with Gasteiger partial charge in [-0.1, -0.05) is 24.2 Å². The Morgan fingerprint density at radius 3 is 3.00 bits per heavy atom. The quantitative estimate of drug-likeness (QED) is 0.618. The van der Waals surface area contributed by atoms with Gasteiger partial charge in [0.05, 0.1) is 22.8 Å². The molecule has 3 aromatic rings. The van der Waals surface area contributed by atoms with E-state index in [-0.39, 0.29) is 39.3 Å². The highest BCUT2D eigenvalue weighted by Gasteiger charge is 2.28. The molecule has 1 aliphatic heterocycles. The van der Waals surface area contributed by atoms with Crippen LogP contribution in [0.25, 0.3) is 11.0 Å². The molecule has 7 nitrogen and oxygen atoms in total. The van der Waals surface area contributed by atoms with Crippen molar-refractivity contribution < 1.29 is 18.3 Å². The summed E-state index contributed by atoms with van der Waals surface area (Å²) in [7, 11) is 0. The predicted molar refractivity (Wildman–Crippen MR) is 108 cm³/mol. The molecule has 1 amide bonds. The Labute approximate surface area is 175 Å². The van der Waals surface area contributed by atoms with Crippen LogP contribution in [0.15, 0.2) is 43.2 Å². The molecule has 0 aliphatic carbocycles. The number of halogens is 3. The molecule has 1 aromatic carbocycles. The van der Waals surface area contributed by atoms with Gasteiger partial charge in [0, 0.05) is 19.0 Å². The molecule has 30 heavy (non-hydrogen) atoms. The first kappa shape index (κ1) is 20.0. The standard InChI is InChI=1S/C20H16ClF2N5O2/c1-2-16(29)28-7-6-11(9-28)30-20-13(22)8-15-18(27-20)19(25-10-24-15)26-14-5-3-4-12(21)17(14)23/h2-5,8,10-11H,1,6-7,9H2,(H,24,25,26)/t11-/m0/s1. The first-order valence-electron chi connectivity index (χ1n) is 9.06. The third-order valence-corrected chi connectivity index (χ3v) is 4.94. The second-order valence-electron chi connectivity index (χ2n) is 6.61. The molecule has 3 heterocycles. The molecule has 1 fully saturated rings. The van der Waals surface area contributed by atoms with Crippen molar-refractivity contribution >= 4 is 40.0 Å². The maximum atomic E-state index is 14.5. The lowest BCUT2D eigenvalue weighted by Gasteiger charge is -2.16. The summed E-state index contributed by atoms with van der Waals surface area (Å²) in [4.78, 5) is 25.6. The Bertz CT molecular complexity index is 1140. The van der Waals surface area contributed by atoms with E-state index in [1.807, 2.05) is 0 Å². The van der Waals surface area contributed by atoms with Crippen molar-refractivity contribution in [2.45, 2.75) is 12.5 Å². The summed E-state index contributed by atoms with van der Waals surface area (Å²) in [5.41, 5.74) is 0.505. The number of amides is 1. The van der Waals surface area contributed by atoms with Gasteiger partial charge in [-0.05, 0) is 18.2 Å². The Kier molecular flexibility index (Phi) is 5.45. The van der Waals surface area contributed by atoms with Gasteiger partial charge < -0.3 is 15.0 Å². The number of benzene rings is 1. The van der Waals surface area contributed by atoms with Crippen LogP contribution in [0.4, 0.5) is 20.3 Å². The molecule has 2 aromatic heterocycles. The number of hydrogen-bond donors (Lipinski definition) is 1. The molecule has 154 valence electrons. The van der Waals surface area contributed by atoms with Crippen LogP contribution >= 0.6 is 11.6 Å². The third-order valence-electron chi connectivity index (χ3n) is 4.65. The molecule has 0 spiro atoms. The normalized spacial score (nSPS) is 16.0. The highest BCUT2D eigenvalue weighted by molar-refractivity contribution is 6.31. The smallest absolute Gasteiger partial charge is 0.251 e. The van der Waals surface area contributed by atoms with Crippen molar-refractivity contribution in [3.8, 4) is 5.88 Å². The zero-order chi connectivity index (χ0) is 21.3. The number of hydrogen-bond acceptors (Lipinski definition) is 6. The van der Waals surface area contributed by atoms with Crippen molar-refractivity contribution in [3.05, 3.63) is 59.9 Å². The molecular formula is C20H16ClF2N5O2. The average molecular weight is 432 g/mol. The van der Waals surface area contributed by atoms with Gasteiger partial charge >= 0.3 is 0 Å². The maximum absolute atomic E-state index is 14.5. The number of rotatable bonds is 5. The topological polar surface area (TPSA) is 80.2 Å². The molecular weight excluding hydrogens is 416 g/mol. The molecule has 1 saturated heterocycles. The van der Waals surface area contributed by atoms with Crippen LogP contribution in [0, 0.1) is 11.6 Å². The minimum absolute atomic E-state index is 0.0544. The van der Waals surface area contributed by atoms with Gasteiger partial charge in [-0.15, -0.1) is 0 Å². The van der Waals surface area contributed by atoms with Gasteiger partial charge in [-0.25, -0.2) is 23.7 Å². The third kappa shape index (κ3) is 3.88. The van der Waals surface area contributed by atoms with Gasteiger partial charge in [0.15, 0.2) is 17.5 Å². The van der Waals surface area contributed by atoms with Crippen molar-refractivity contribution in [2.75, 3.05) is 18.4 Å². The van der Waals surface area contributed by atoms with E-state index in [4.69, 9.17) is 16.3 Å². The summed E-state index contributed by atoms with van der Waals surface area (Å²) in [6.45, 7) is 4.24. The lowest BCUT2D eigenvalue weighted by molar-refractivity contribution is -0.125. The van der Waals surface area contributed by atoms with Gasteiger partial charge in [-0.3, -0.25) is 4.79 Å². The first-order chi connectivity index (χ1) is 14.5. The van der Waals surface area contributed by atoms with Crippen molar-refractivity contribution in [1.29, 1.82) is 0 Å². The number of nitrogens with one attached hydrogen (secondary N) is 1. The number of carbonyl (C=O) groups excluding carboxylic acids is 1. The molecule has 1 atom stereocenters. The van der Waals surface area contributed by atoms with Crippen LogP contribution in [-0.4, -0.2) is 45.0 Å². The second kappa shape index (κ2) is 8.19. The molecule has 0 saturated carbocycles. The molecule has 0 radical (unpaired) electrons. The number of anilines is 2. The molecule has 10 heteroatoms. The number of carbonyl (C=O) groups is 1. The van der Waals surface area contributed by atoms with Crippen LogP contribution in [0.3, 0.4) is 0 Å². The van der Waals surface area contributed by atoms with Crippen LogP contribution in [0.2, 0.25) is 5.02 Å². The first-order valence-corrected chi connectivity index (χ1v) is 9.44. The highest BCUT2D eigenvalue weighted by Crippen LogP contribution is 2.29. The molecule has 4 rings (SSSR count). The number of likely N-dealkylation sites (tertiary alicyclic amines) is 1. The summed E-state index contributed by atoms with van der Waals surface area (Å²) < 4.78 is 34.5. The van der Waals surface area contributed by atoms with Crippen molar-refractivity contribution in [2.24, 2.45) is 0 Å². The van der Waals surface area contributed by atoms with Crippen LogP contribution in [0.5, 0.6) is 5.88 Å². The number of ether oxygens (including phenoxy) is 1. The second-order valence-corrected chi connectivity index (χ2v) is 7.02. The van der Waals surface area contributed by atoms with Gasteiger partial charge in [-0.2, -0.15) is 0 Å². The monoisotopic (exact) mass is 431 g/mol. The Balaban J connectivity index is 1.63. The minimum atomic E-state index is -0.699.